The van der Waals surface area contributed by atoms with Gasteiger partial charge < -0.3 is 14.5 Å². The molecule has 4 rings (SSSR count). The third-order valence-electron chi connectivity index (χ3n) is 6.66. The van der Waals surface area contributed by atoms with Crippen molar-refractivity contribution >= 4 is 11.6 Å². The first kappa shape index (κ1) is 20.9. The number of amides is 1. The van der Waals surface area contributed by atoms with E-state index in [-0.39, 0.29) is 11.5 Å². The van der Waals surface area contributed by atoms with Gasteiger partial charge in [0, 0.05) is 51.0 Å². The summed E-state index contributed by atoms with van der Waals surface area (Å²) in [5.74, 6) is 0.129. The van der Waals surface area contributed by atoms with Gasteiger partial charge in [-0.15, -0.1) is 0 Å². The second kappa shape index (κ2) is 8.78. The minimum Gasteiger partial charge on any atom is -0.378 e. The summed E-state index contributed by atoms with van der Waals surface area (Å²) < 4.78 is 6.35. The Morgan fingerprint density at radius 3 is 2.50 bits per heavy atom. The van der Waals surface area contributed by atoms with Crippen molar-refractivity contribution in [2.24, 2.45) is 0 Å². The quantitative estimate of drug-likeness (QED) is 0.758. The van der Waals surface area contributed by atoms with Crippen LogP contribution in [-0.4, -0.2) is 68.2 Å². The van der Waals surface area contributed by atoms with Gasteiger partial charge in [-0.05, 0) is 50.1 Å². The summed E-state index contributed by atoms with van der Waals surface area (Å²) in [6, 6.07) is 18.9. The van der Waals surface area contributed by atoms with Crippen molar-refractivity contribution in [1.82, 2.24) is 9.80 Å². The zero-order valence-corrected chi connectivity index (χ0v) is 18.4. The van der Waals surface area contributed by atoms with Crippen molar-refractivity contribution in [1.29, 1.82) is 0 Å². The molecule has 0 saturated carbocycles. The number of hydrogen-bond acceptors (Lipinski definition) is 4. The molecule has 2 aliphatic heterocycles. The SMILES string of the molecule is CN(C)c1cccc(C(=O)N2CCC3(CC2)CC(N(C)Cc2ccccc2)CO3)c1. The Morgan fingerprint density at radius 1 is 1.07 bits per heavy atom. The smallest absolute Gasteiger partial charge is 0.253 e. The highest BCUT2D eigenvalue weighted by Gasteiger charge is 2.44. The molecule has 0 aromatic heterocycles. The van der Waals surface area contributed by atoms with Gasteiger partial charge >= 0.3 is 0 Å². The van der Waals surface area contributed by atoms with Gasteiger partial charge in [-0.2, -0.15) is 0 Å². The Morgan fingerprint density at radius 2 is 1.80 bits per heavy atom. The number of carbonyl (C=O) groups is 1. The maximum absolute atomic E-state index is 13.0. The van der Waals surface area contributed by atoms with Gasteiger partial charge in [-0.1, -0.05) is 36.4 Å². The monoisotopic (exact) mass is 407 g/mol. The highest BCUT2D eigenvalue weighted by molar-refractivity contribution is 5.95. The number of anilines is 1. The number of rotatable bonds is 5. The lowest BCUT2D eigenvalue weighted by Crippen LogP contribution is -2.47. The predicted octanol–water partition coefficient (Wildman–Crippen LogP) is 3.65. The summed E-state index contributed by atoms with van der Waals surface area (Å²) in [5.41, 5.74) is 3.08. The molecule has 2 heterocycles. The second-order valence-corrected chi connectivity index (χ2v) is 8.99. The lowest BCUT2D eigenvalue weighted by Gasteiger charge is -2.39. The molecule has 160 valence electrons. The molecule has 2 aromatic carbocycles. The van der Waals surface area contributed by atoms with Crippen LogP contribution in [0.1, 0.15) is 35.2 Å². The van der Waals surface area contributed by atoms with Crippen LogP contribution in [-0.2, 0) is 11.3 Å². The predicted molar refractivity (Wildman–Crippen MR) is 121 cm³/mol. The molecule has 5 nitrogen and oxygen atoms in total. The van der Waals surface area contributed by atoms with Gasteiger partial charge in [-0.3, -0.25) is 9.69 Å². The third kappa shape index (κ3) is 4.52. The van der Waals surface area contributed by atoms with Crippen molar-refractivity contribution in [3.63, 3.8) is 0 Å². The maximum atomic E-state index is 13.0. The molecule has 1 amide bonds. The molecule has 0 bridgehead atoms. The van der Waals surface area contributed by atoms with Crippen molar-refractivity contribution in [2.45, 2.75) is 37.5 Å². The van der Waals surface area contributed by atoms with Crippen LogP contribution in [0.5, 0.6) is 0 Å². The Balaban J connectivity index is 1.33. The second-order valence-electron chi connectivity index (χ2n) is 8.99. The first-order chi connectivity index (χ1) is 14.5. The highest BCUT2D eigenvalue weighted by Crippen LogP contribution is 2.38. The fraction of sp³-hybridized carbons (Fsp3) is 0.480. The number of likely N-dealkylation sites (tertiary alicyclic amines) is 1. The number of likely N-dealkylation sites (N-methyl/N-ethyl adjacent to an activating group) is 1. The first-order valence-electron chi connectivity index (χ1n) is 10.9. The Labute approximate surface area is 180 Å². The van der Waals surface area contributed by atoms with Crippen molar-refractivity contribution in [2.75, 3.05) is 45.7 Å². The first-order valence-corrected chi connectivity index (χ1v) is 10.9. The van der Waals surface area contributed by atoms with Crippen LogP contribution in [0.15, 0.2) is 54.6 Å². The minimum atomic E-state index is -0.0715. The zero-order chi connectivity index (χ0) is 21.1. The molecule has 0 aliphatic carbocycles. The number of carbonyl (C=O) groups excluding carboxylic acids is 1. The summed E-state index contributed by atoms with van der Waals surface area (Å²) in [6.07, 6.45) is 2.89. The van der Waals surface area contributed by atoms with Crippen LogP contribution in [0.25, 0.3) is 0 Å². The van der Waals surface area contributed by atoms with E-state index in [1.807, 2.05) is 48.2 Å². The number of nitrogens with zero attached hydrogens (tertiary/aromatic N) is 3. The average Bonchev–Trinajstić information content (AvgIpc) is 3.18. The van der Waals surface area contributed by atoms with E-state index >= 15 is 0 Å². The van der Waals surface area contributed by atoms with Crippen LogP contribution in [0.4, 0.5) is 5.69 Å². The summed E-state index contributed by atoms with van der Waals surface area (Å²) in [5, 5.41) is 0. The van der Waals surface area contributed by atoms with Crippen molar-refractivity contribution in [3.05, 3.63) is 65.7 Å². The molecule has 0 radical (unpaired) electrons. The fourth-order valence-electron chi connectivity index (χ4n) is 4.67. The third-order valence-corrected chi connectivity index (χ3v) is 6.66. The summed E-state index contributed by atoms with van der Waals surface area (Å²) in [4.78, 5) is 19.4. The zero-order valence-electron chi connectivity index (χ0n) is 18.4. The molecule has 1 atom stereocenters. The van der Waals surface area contributed by atoms with Gasteiger partial charge in [0.15, 0.2) is 0 Å². The van der Waals surface area contributed by atoms with Gasteiger partial charge in [-0.25, -0.2) is 0 Å². The van der Waals surface area contributed by atoms with Crippen molar-refractivity contribution in [3.8, 4) is 0 Å². The summed E-state index contributed by atoms with van der Waals surface area (Å²) >= 11 is 0. The average molecular weight is 408 g/mol. The van der Waals surface area contributed by atoms with Crippen LogP contribution < -0.4 is 4.90 Å². The Bertz CT molecular complexity index is 860. The Hall–Kier alpha value is -2.37. The molecule has 2 aliphatic rings. The maximum Gasteiger partial charge on any atom is 0.253 e. The number of piperidine rings is 1. The minimum absolute atomic E-state index is 0.0715. The largest absolute Gasteiger partial charge is 0.378 e. The molecule has 0 N–H and O–H groups in total. The standard InChI is InChI=1S/C25H33N3O2/c1-26(2)22-11-7-10-21(16-22)24(29)28-14-12-25(13-15-28)17-23(19-30-25)27(3)18-20-8-5-4-6-9-20/h4-11,16,23H,12-15,17-19H2,1-3H3. The van der Waals surface area contributed by atoms with E-state index in [1.54, 1.807) is 0 Å². The van der Waals surface area contributed by atoms with E-state index < -0.39 is 0 Å². The summed E-state index contributed by atoms with van der Waals surface area (Å²) in [7, 11) is 6.18. The number of benzene rings is 2. The molecule has 2 fully saturated rings. The fourth-order valence-corrected chi connectivity index (χ4v) is 4.67. The van der Waals surface area contributed by atoms with Crippen LogP contribution in [0.2, 0.25) is 0 Å². The summed E-state index contributed by atoms with van der Waals surface area (Å²) in [6.45, 7) is 3.25. The molecule has 2 aromatic rings. The van der Waals surface area contributed by atoms with Crippen LogP contribution >= 0.6 is 0 Å². The molecule has 1 unspecified atom stereocenters. The molecule has 1 spiro atoms. The number of ether oxygens (including phenoxy) is 1. The van der Waals surface area contributed by atoms with E-state index in [4.69, 9.17) is 4.74 Å². The van der Waals surface area contributed by atoms with Crippen LogP contribution in [0, 0.1) is 0 Å². The normalized spacial score (nSPS) is 20.7. The lowest BCUT2D eigenvalue weighted by molar-refractivity contribution is -0.0393. The van der Waals surface area contributed by atoms with Gasteiger partial charge in [0.2, 0.25) is 0 Å². The Kier molecular flexibility index (Phi) is 6.11. The highest BCUT2D eigenvalue weighted by atomic mass is 16.5. The molecular formula is C25H33N3O2. The van der Waals surface area contributed by atoms with E-state index in [0.29, 0.717) is 6.04 Å². The lowest BCUT2D eigenvalue weighted by atomic mass is 9.87. The van der Waals surface area contributed by atoms with E-state index in [9.17, 15) is 4.79 Å². The van der Waals surface area contributed by atoms with E-state index in [0.717, 1.165) is 56.8 Å². The topological polar surface area (TPSA) is 36.0 Å². The molecule has 30 heavy (non-hydrogen) atoms. The van der Waals surface area contributed by atoms with Gasteiger partial charge in [0.25, 0.3) is 5.91 Å². The molecular weight excluding hydrogens is 374 g/mol. The van der Waals surface area contributed by atoms with E-state index in [1.165, 1.54) is 5.56 Å². The van der Waals surface area contributed by atoms with E-state index in [2.05, 4.69) is 42.3 Å². The molecule has 5 heteroatoms. The molecule has 2 saturated heterocycles. The van der Waals surface area contributed by atoms with Crippen LogP contribution in [0.3, 0.4) is 0 Å². The van der Waals surface area contributed by atoms with Gasteiger partial charge in [0.1, 0.15) is 0 Å². The van der Waals surface area contributed by atoms with Gasteiger partial charge in [0.05, 0.1) is 12.2 Å². The van der Waals surface area contributed by atoms with Crippen molar-refractivity contribution < 1.29 is 9.53 Å². The number of hydrogen-bond donors (Lipinski definition) is 0.